The van der Waals surface area contributed by atoms with Gasteiger partial charge in [-0.2, -0.15) is 0 Å². The highest BCUT2D eigenvalue weighted by Crippen LogP contribution is 2.17. The van der Waals surface area contributed by atoms with Gasteiger partial charge in [0.25, 0.3) is 5.91 Å². The minimum absolute atomic E-state index is 0.242. The first-order valence-corrected chi connectivity index (χ1v) is 8.73. The number of piperazine rings is 1. The molecule has 2 aromatic heterocycles. The zero-order valence-electron chi connectivity index (χ0n) is 15.6. The maximum Gasteiger partial charge on any atom is 0.409 e. The molecule has 0 spiro atoms. The highest BCUT2D eigenvalue weighted by Gasteiger charge is 2.24. The van der Waals surface area contributed by atoms with Crippen molar-refractivity contribution in [1.29, 1.82) is 0 Å². The smallest absolute Gasteiger partial charge is 0.409 e. The van der Waals surface area contributed by atoms with Crippen LogP contribution in [0.5, 0.6) is 0 Å². The van der Waals surface area contributed by atoms with Crippen LogP contribution in [0.2, 0.25) is 0 Å². The Balaban J connectivity index is 1.68. The van der Waals surface area contributed by atoms with E-state index in [1.807, 2.05) is 4.90 Å². The van der Waals surface area contributed by atoms with Crippen molar-refractivity contribution in [1.82, 2.24) is 20.0 Å². The van der Waals surface area contributed by atoms with E-state index in [2.05, 4.69) is 20.4 Å². The van der Waals surface area contributed by atoms with E-state index >= 15 is 0 Å². The van der Waals surface area contributed by atoms with Crippen molar-refractivity contribution in [2.45, 2.75) is 20.8 Å². The van der Waals surface area contributed by atoms with Crippen LogP contribution in [0.4, 0.5) is 16.4 Å². The Labute approximate surface area is 156 Å². The van der Waals surface area contributed by atoms with Crippen LogP contribution >= 0.6 is 0 Å². The lowest BCUT2D eigenvalue weighted by molar-refractivity contribution is 0.102. The van der Waals surface area contributed by atoms with E-state index in [4.69, 9.17) is 9.26 Å². The van der Waals surface area contributed by atoms with E-state index in [-0.39, 0.29) is 17.7 Å². The highest BCUT2D eigenvalue weighted by atomic mass is 16.6. The maximum atomic E-state index is 12.5. The Morgan fingerprint density at radius 2 is 1.93 bits per heavy atom. The fraction of sp³-hybridized carbons (Fsp3) is 0.471. The third-order valence-corrected chi connectivity index (χ3v) is 4.06. The number of rotatable bonds is 4. The molecular weight excluding hydrogens is 352 g/mol. The monoisotopic (exact) mass is 374 g/mol. The van der Waals surface area contributed by atoms with Gasteiger partial charge in [-0.15, -0.1) is 0 Å². The largest absolute Gasteiger partial charge is 0.450 e. The predicted molar refractivity (Wildman–Crippen MR) is 96.8 cm³/mol. The molecule has 2 amide bonds. The molecule has 10 nitrogen and oxygen atoms in total. The summed E-state index contributed by atoms with van der Waals surface area (Å²) in [5.74, 6) is 1.68. The number of hydrogen-bond acceptors (Lipinski definition) is 8. The summed E-state index contributed by atoms with van der Waals surface area (Å²) < 4.78 is 9.97. The number of nitrogens with one attached hydrogen (secondary N) is 1. The van der Waals surface area contributed by atoms with Gasteiger partial charge in [0.05, 0.1) is 6.61 Å². The zero-order valence-corrected chi connectivity index (χ0v) is 15.6. The molecule has 10 heteroatoms. The SMILES string of the molecule is CCOC(=O)N1CCN(c2cc(C(=O)Nc3cc(C)on3)nc(C)n2)CC1. The number of carbonyl (C=O) groups excluding carboxylic acids is 2. The maximum absolute atomic E-state index is 12.5. The Hall–Kier alpha value is -3.17. The predicted octanol–water partition coefficient (Wildman–Crippen LogP) is 1.61. The van der Waals surface area contributed by atoms with Crippen LogP contribution in [0, 0.1) is 13.8 Å². The molecule has 1 N–H and O–H groups in total. The van der Waals surface area contributed by atoms with E-state index in [0.717, 1.165) is 0 Å². The van der Waals surface area contributed by atoms with Crippen LogP contribution < -0.4 is 10.2 Å². The van der Waals surface area contributed by atoms with E-state index in [1.165, 1.54) is 0 Å². The van der Waals surface area contributed by atoms with Gasteiger partial charge in [0, 0.05) is 38.3 Å². The molecule has 1 aliphatic rings. The second-order valence-electron chi connectivity index (χ2n) is 6.11. The summed E-state index contributed by atoms with van der Waals surface area (Å²) in [5, 5.41) is 6.40. The molecule has 1 fully saturated rings. The molecule has 0 aromatic carbocycles. The van der Waals surface area contributed by atoms with E-state index in [1.54, 1.807) is 37.8 Å². The van der Waals surface area contributed by atoms with Crippen LogP contribution in [0.25, 0.3) is 0 Å². The zero-order chi connectivity index (χ0) is 19.4. The first-order chi connectivity index (χ1) is 13.0. The Bertz CT molecular complexity index is 829. The van der Waals surface area contributed by atoms with Gasteiger partial charge >= 0.3 is 6.09 Å². The van der Waals surface area contributed by atoms with Crippen LogP contribution in [-0.4, -0.2) is 64.8 Å². The van der Waals surface area contributed by atoms with Crippen molar-refractivity contribution in [3.8, 4) is 0 Å². The average Bonchev–Trinajstić information content (AvgIpc) is 3.06. The van der Waals surface area contributed by atoms with Crippen molar-refractivity contribution < 1.29 is 18.8 Å². The molecule has 2 aromatic rings. The number of amides is 2. The average molecular weight is 374 g/mol. The first kappa shape index (κ1) is 18.6. The molecule has 1 saturated heterocycles. The Kier molecular flexibility index (Phi) is 5.53. The Morgan fingerprint density at radius 3 is 2.56 bits per heavy atom. The summed E-state index contributed by atoms with van der Waals surface area (Å²) in [4.78, 5) is 36.6. The molecule has 27 heavy (non-hydrogen) atoms. The van der Waals surface area contributed by atoms with Crippen LogP contribution in [-0.2, 0) is 4.74 Å². The lowest BCUT2D eigenvalue weighted by Crippen LogP contribution is -2.49. The third kappa shape index (κ3) is 4.52. The van der Waals surface area contributed by atoms with Gasteiger partial charge in [0.2, 0.25) is 0 Å². The second-order valence-corrected chi connectivity index (χ2v) is 6.11. The summed E-state index contributed by atoms with van der Waals surface area (Å²) in [6.07, 6.45) is -0.306. The van der Waals surface area contributed by atoms with Gasteiger partial charge in [-0.25, -0.2) is 14.8 Å². The number of carbonyl (C=O) groups is 2. The lowest BCUT2D eigenvalue weighted by atomic mass is 10.3. The van der Waals surface area contributed by atoms with Crippen molar-refractivity contribution >= 4 is 23.6 Å². The third-order valence-electron chi connectivity index (χ3n) is 4.06. The molecule has 3 heterocycles. The molecular formula is C17H22N6O4. The number of ether oxygens (including phenoxy) is 1. The molecule has 0 atom stereocenters. The molecule has 0 radical (unpaired) electrons. The molecule has 144 valence electrons. The van der Waals surface area contributed by atoms with Crippen LogP contribution in [0.15, 0.2) is 16.7 Å². The van der Waals surface area contributed by atoms with Gasteiger partial charge < -0.3 is 24.4 Å². The summed E-state index contributed by atoms with van der Waals surface area (Å²) in [6, 6.07) is 3.26. The summed E-state index contributed by atoms with van der Waals surface area (Å²) in [5.41, 5.74) is 0.242. The van der Waals surface area contributed by atoms with Crippen molar-refractivity contribution in [3.63, 3.8) is 0 Å². The summed E-state index contributed by atoms with van der Waals surface area (Å²) in [6.45, 7) is 7.86. The number of nitrogens with zero attached hydrogens (tertiary/aromatic N) is 5. The van der Waals surface area contributed by atoms with Gasteiger partial charge in [-0.3, -0.25) is 4.79 Å². The fourth-order valence-corrected chi connectivity index (χ4v) is 2.77. The number of hydrogen-bond donors (Lipinski definition) is 1. The Morgan fingerprint density at radius 1 is 1.19 bits per heavy atom. The van der Waals surface area contributed by atoms with E-state index < -0.39 is 0 Å². The highest BCUT2D eigenvalue weighted by molar-refractivity contribution is 6.02. The van der Waals surface area contributed by atoms with Crippen LogP contribution in [0.3, 0.4) is 0 Å². The fourth-order valence-electron chi connectivity index (χ4n) is 2.77. The molecule has 0 saturated carbocycles. The molecule has 3 rings (SSSR count). The van der Waals surface area contributed by atoms with Gasteiger partial charge in [-0.05, 0) is 20.8 Å². The van der Waals surface area contributed by atoms with E-state index in [0.29, 0.717) is 56.0 Å². The van der Waals surface area contributed by atoms with Gasteiger partial charge in [0.1, 0.15) is 23.1 Å². The van der Waals surface area contributed by atoms with Gasteiger partial charge in [0.15, 0.2) is 5.82 Å². The van der Waals surface area contributed by atoms with Gasteiger partial charge in [-0.1, -0.05) is 5.16 Å². The second kappa shape index (κ2) is 8.02. The standard InChI is InChI=1S/C17H22N6O4/c1-4-26-17(25)23-7-5-22(6-8-23)15-10-13(18-12(3)19-15)16(24)20-14-9-11(2)27-21-14/h9-10H,4-8H2,1-3H3,(H,20,21,24). The topological polar surface area (TPSA) is 114 Å². The minimum atomic E-state index is -0.389. The molecule has 0 bridgehead atoms. The number of anilines is 2. The number of aromatic nitrogens is 3. The van der Waals surface area contributed by atoms with E-state index in [9.17, 15) is 9.59 Å². The molecule has 0 unspecified atom stereocenters. The first-order valence-electron chi connectivity index (χ1n) is 8.73. The normalized spacial score (nSPS) is 14.2. The summed E-state index contributed by atoms with van der Waals surface area (Å²) >= 11 is 0. The lowest BCUT2D eigenvalue weighted by Gasteiger charge is -2.34. The number of aryl methyl sites for hydroxylation is 2. The quantitative estimate of drug-likeness (QED) is 0.859. The van der Waals surface area contributed by atoms with Crippen LogP contribution in [0.1, 0.15) is 29.0 Å². The summed E-state index contributed by atoms with van der Waals surface area (Å²) in [7, 11) is 0. The van der Waals surface area contributed by atoms with Crippen molar-refractivity contribution in [2.75, 3.05) is 43.0 Å². The van der Waals surface area contributed by atoms with Crippen molar-refractivity contribution in [3.05, 3.63) is 29.4 Å². The minimum Gasteiger partial charge on any atom is -0.450 e. The molecule has 1 aliphatic heterocycles. The molecule has 0 aliphatic carbocycles. The van der Waals surface area contributed by atoms with Crippen molar-refractivity contribution in [2.24, 2.45) is 0 Å².